The summed E-state index contributed by atoms with van der Waals surface area (Å²) in [4.78, 5) is 26.7. The van der Waals surface area contributed by atoms with Gasteiger partial charge in [-0.1, -0.05) is 0 Å². The Hall–Kier alpha value is -0.860. The molecule has 1 aliphatic heterocycles. The molecule has 0 aromatic heterocycles. The van der Waals surface area contributed by atoms with Crippen molar-refractivity contribution in [2.75, 3.05) is 13.2 Å². The van der Waals surface area contributed by atoms with Crippen LogP contribution in [0.4, 0.5) is 13.6 Å². The number of nitrogens with one attached hydrogen (secondary N) is 1. The summed E-state index contributed by atoms with van der Waals surface area (Å²) < 4.78 is 38.9. The highest BCUT2D eigenvalue weighted by molar-refractivity contribution is 6.21. The van der Waals surface area contributed by atoms with Gasteiger partial charge in [0.25, 0.3) is 0 Å². The van der Waals surface area contributed by atoms with Gasteiger partial charge in [0.05, 0.1) is 28.9 Å². The second kappa shape index (κ2) is 8.42. The summed E-state index contributed by atoms with van der Waals surface area (Å²) in [6.07, 6.45) is 2.15. The zero-order chi connectivity index (χ0) is 22.7. The molecule has 7 atom stereocenters. The molecule has 6 rings (SSSR count). The van der Waals surface area contributed by atoms with Gasteiger partial charge in [-0.3, -0.25) is 9.69 Å². The number of hydrogen-bond donors (Lipinski definition) is 1. The molecule has 0 spiro atoms. The lowest BCUT2D eigenvalue weighted by Gasteiger charge is -2.72. The Bertz CT molecular complexity index is 754. The number of hydrogen-bond acceptors (Lipinski definition) is 4. The van der Waals surface area contributed by atoms with Crippen LogP contribution in [0.15, 0.2) is 0 Å². The maximum atomic E-state index is 14.0. The Morgan fingerprint density at radius 2 is 1.75 bits per heavy atom. The number of carbonyl (C=O) groups is 2. The molecule has 0 aromatic carbocycles. The largest absolute Gasteiger partial charge is 0.444 e. The molecule has 5 aliphatic carbocycles. The van der Waals surface area contributed by atoms with E-state index in [-0.39, 0.29) is 54.2 Å². The minimum Gasteiger partial charge on any atom is -0.444 e. The van der Waals surface area contributed by atoms with Crippen LogP contribution in [0.5, 0.6) is 0 Å². The highest BCUT2D eigenvalue weighted by atomic mass is 35.5. The lowest BCUT2D eigenvalue weighted by Crippen LogP contribution is -2.84. The Morgan fingerprint density at radius 3 is 2.41 bits per heavy atom. The van der Waals surface area contributed by atoms with Crippen molar-refractivity contribution in [2.45, 2.75) is 104 Å². The Balaban J connectivity index is 1.07. The van der Waals surface area contributed by atoms with Crippen molar-refractivity contribution in [3.8, 4) is 0 Å². The van der Waals surface area contributed by atoms with Crippen molar-refractivity contribution in [1.29, 1.82) is 0 Å². The molecular weight excluding hydrogens is 465 g/mol. The molecular formula is C22H30Cl2F2N2O4. The molecule has 0 radical (unpaired) electrons. The normalized spacial score (nSPS) is 47.9. The third-order valence-corrected chi connectivity index (χ3v) is 9.15. The van der Waals surface area contributed by atoms with Crippen molar-refractivity contribution in [1.82, 2.24) is 10.2 Å². The van der Waals surface area contributed by atoms with E-state index in [1.165, 1.54) is 0 Å². The van der Waals surface area contributed by atoms with E-state index >= 15 is 0 Å². The van der Waals surface area contributed by atoms with Crippen LogP contribution in [-0.4, -0.2) is 76.4 Å². The van der Waals surface area contributed by atoms with E-state index < -0.39 is 23.1 Å². The van der Waals surface area contributed by atoms with Crippen LogP contribution < -0.4 is 5.32 Å². The van der Waals surface area contributed by atoms with Crippen molar-refractivity contribution in [3.63, 3.8) is 0 Å². The molecule has 5 saturated carbocycles. The predicted octanol–water partition coefficient (Wildman–Crippen LogP) is 3.86. The van der Waals surface area contributed by atoms with Crippen LogP contribution in [0.25, 0.3) is 0 Å². The minimum atomic E-state index is -1.10. The first-order chi connectivity index (χ1) is 15.2. The molecule has 32 heavy (non-hydrogen) atoms. The molecule has 180 valence electrons. The quantitative estimate of drug-likeness (QED) is 0.569. The fourth-order valence-corrected chi connectivity index (χ4v) is 6.89. The maximum Gasteiger partial charge on any atom is 0.410 e. The molecule has 1 heterocycles. The van der Waals surface area contributed by atoms with Gasteiger partial charge in [0, 0.05) is 17.9 Å². The van der Waals surface area contributed by atoms with Crippen molar-refractivity contribution in [2.24, 2.45) is 5.92 Å². The van der Waals surface area contributed by atoms with Gasteiger partial charge in [0.1, 0.15) is 25.1 Å². The Labute approximate surface area is 196 Å². The highest BCUT2D eigenvalue weighted by Gasteiger charge is 2.73. The zero-order valence-corrected chi connectivity index (χ0v) is 19.4. The highest BCUT2D eigenvalue weighted by Crippen LogP contribution is 2.64. The van der Waals surface area contributed by atoms with Crippen molar-refractivity contribution in [3.05, 3.63) is 0 Å². The van der Waals surface area contributed by atoms with E-state index in [1.54, 1.807) is 4.90 Å². The second-order valence-electron chi connectivity index (χ2n) is 10.5. The molecule has 2 bridgehead atoms. The number of cyclic esters (lactones) is 1. The van der Waals surface area contributed by atoms with Crippen LogP contribution in [0.2, 0.25) is 0 Å². The first kappa shape index (κ1) is 22.9. The number of nitrogens with zero attached hydrogens (tertiary/aromatic N) is 1. The molecule has 6 fully saturated rings. The molecule has 6 aliphatic rings. The van der Waals surface area contributed by atoms with Crippen molar-refractivity contribution < 1.29 is 27.8 Å². The summed E-state index contributed by atoms with van der Waals surface area (Å²) >= 11 is 11.9. The van der Waals surface area contributed by atoms with E-state index in [1.807, 2.05) is 0 Å². The number of carbonyl (C=O) groups excluding carboxylic acids is 2. The number of ether oxygens (including phenoxy) is 2. The molecule has 1 N–H and O–H groups in total. The number of alkyl halides is 4. The predicted molar refractivity (Wildman–Crippen MR) is 114 cm³/mol. The van der Waals surface area contributed by atoms with Gasteiger partial charge < -0.3 is 14.8 Å². The van der Waals surface area contributed by atoms with Crippen molar-refractivity contribution >= 4 is 35.2 Å². The summed E-state index contributed by atoms with van der Waals surface area (Å²) in [5.41, 5.74) is -0.561. The third-order valence-electron chi connectivity index (χ3n) is 8.17. The molecule has 6 nitrogen and oxygen atoms in total. The average molecular weight is 495 g/mol. The lowest BCUT2D eigenvalue weighted by molar-refractivity contribution is -0.169. The molecule has 2 amide bonds. The number of halogens is 4. The lowest BCUT2D eigenvalue weighted by atomic mass is 9.43. The van der Waals surface area contributed by atoms with Gasteiger partial charge in [-0.05, 0) is 51.4 Å². The summed E-state index contributed by atoms with van der Waals surface area (Å²) in [6.45, 7) is 0.379. The van der Waals surface area contributed by atoms with E-state index in [0.717, 1.165) is 6.42 Å². The standard InChI is InChI=1S/C22H30Cl2F2N2O4/c23-14-3-1-12(5-16(14)25)18-7-28(20(30)32-18)22-9-21(10-22,11-22)27-19(29)8-31-13-2-4-15(24)17(26)6-13/h12-18H,1-11H2,(H,27,29). The Kier molecular flexibility index (Phi) is 6.03. The van der Waals surface area contributed by atoms with Gasteiger partial charge in [-0.2, -0.15) is 0 Å². The average Bonchev–Trinajstić information content (AvgIpc) is 3.08. The number of amides is 2. The Morgan fingerprint density at radius 1 is 1.09 bits per heavy atom. The van der Waals surface area contributed by atoms with Gasteiger partial charge in [-0.25, -0.2) is 13.6 Å². The first-order valence-corrected chi connectivity index (χ1v) is 12.5. The van der Waals surface area contributed by atoms with Crippen LogP contribution in [0.3, 0.4) is 0 Å². The fourth-order valence-electron chi connectivity index (χ4n) is 6.44. The minimum absolute atomic E-state index is 0.00454. The van der Waals surface area contributed by atoms with E-state index in [4.69, 9.17) is 32.7 Å². The third kappa shape index (κ3) is 4.09. The summed E-state index contributed by atoms with van der Waals surface area (Å²) in [6, 6.07) is 0. The fraction of sp³-hybridized carbons (Fsp3) is 0.909. The van der Waals surface area contributed by atoms with Gasteiger partial charge in [-0.15, -0.1) is 23.2 Å². The maximum absolute atomic E-state index is 14.0. The van der Waals surface area contributed by atoms with Crippen LogP contribution in [0.1, 0.15) is 57.8 Å². The summed E-state index contributed by atoms with van der Waals surface area (Å²) in [5.74, 6) is -0.208. The molecule has 1 saturated heterocycles. The first-order valence-electron chi connectivity index (χ1n) is 11.7. The zero-order valence-electron chi connectivity index (χ0n) is 17.9. The van der Waals surface area contributed by atoms with E-state index in [2.05, 4.69) is 5.32 Å². The topological polar surface area (TPSA) is 67.9 Å². The van der Waals surface area contributed by atoms with Crippen LogP contribution in [-0.2, 0) is 14.3 Å². The SMILES string of the molecule is O=C(COC1CCC(Cl)C(F)C1)NC12CC(N3CC(C4CCC(Cl)C(F)C4)OC3=O)(C1)C2. The smallest absolute Gasteiger partial charge is 0.410 e. The summed E-state index contributed by atoms with van der Waals surface area (Å²) in [7, 11) is 0. The molecule has 10 heteroatoms. The van der Waals surface area contributed by atoms with E-state index in [9.17, 15) is 18.4 Å². The molecule has 0 aromatic rings. The summed E-state index contributed by atoms with van der Waals surface area (Å²) in [5, 5.41) is 2.13. The van der Waals surface area contributed by atoms with Crippen LogP contribution >= 0.6 is 23.2 Å². The molecule has 7 unspecified atom stereocenters. The van der Waals surface area contributed by atoms with Gasteiger partial charge in [0.15, 0.2) is 0 Å². The van der Waals surface area contributed by atoms with Gasteiger partial charge in [0.2, 0.25) is 5.91 Å². The monoisotopic (exact) mass is 494 g/mol. The number of rotatable bonds is 6. The van der Waals surface area contributed by atoms with Crippen LogP contribution in [0, 0.1) is 5.92 Å². The van der Waals surface area contributed by atoms with E-state index in [0.29, 0.717) is 51.5 Å². The van der Waals surface area contributed by atoms with Gasteiger partial charge >= 0.3 is 6.09 Å². The second-order valence-corrected chi connectivity index (χ2v) is 11.6.